The number of anilines is 1. The predicted octanol–water partition coefficient (Wildman–Crippen LogP) is 5.85. The highest BCUT2D eigenvalue weighted by Gasteiger charge is 2.46. The summed E-state index contributed by atoms with van der Waals surface area (Å²) in [5.74, 6) is -0.485. The third-order valence-corrected chi connectivity index (χ3v) is 6.95. The number of ketones is 1. The van der Waals surface area contributed by atoms with Crippen LogP contribution in [0.1, 0.15) is 34.1 Å². The maximum atomic E-state index is 13.3. The van der Waals surface area contributed by atoms with Crippen LogP contribution in [0, 0.1) is 6.92 Å². The van der Waals surface area contributed by atoms with Crippen LogP contribution in [0.5, 0.6) is 5.75 Å². The van der Waals surface area contributed by atoms with Crippen molar-refractivity contribution < 1.29 is 23.8 Å². The number of ether oxygens (including phenoxy) is 1. The molecular weight excluding hydrogens is 492 g/mol. The van der Waals surface area contributed by atoms with Gasteiger partial charge >= 0.3 is 0 Å². The molecule has 1 N–H and O–H groups in total. The van der Waals surface area contributed by atoms with Crippen LogP contribution in [0.3, 0.4) is 0 Å². The van der Waals surface area contributed by atoms with Crippen LogP contribution in [0.25, 0.3) is 5.76 Å². The van der Waals surface area contributed by atoms with E-state index in [1.165, 1.54) is 11.2 Å². The number of aliphatic hydroxyl groups is 1. The second kappa shape index (κ2) is 10.9. The van der Waals surface area contributed by atoms with Gasteiger partial charge in [-0.3, -0.25) is 9.59 Å². The number of amides is 1. The molecule has 1 amide bonds. The number of rotatable bonds is 8. The van der Waals surface area contributed by atoms with E-state index in [0.717, 1.165) is 16.8 Å². The van der Waals surface area contributed by atoms with Gasteiger partial charge in [0, 0.05) is 25.3 Å². The molecule has 0 bridgehead atoms. The van der Waals surface area contributed by atoms with E-state index in [1.807, 2.05) is 74.4 Å². The molecule has 0 radical (unpaired) electrons. The molecule has 1 aliphatic heterocycles. The lowest BCUT2D eigenvalue weighted by Gasteiger charge is -2.25. The van der Waals surface area contributed by atoms with Crippen LogP contribution in [-0.2, 0) is 22.7 Å². The molecule has 1 fully saturated rings. The van der Waals surface area contributed by atoms with Crippen molar-refractivity contribution in [2.24, 2.45) is 0 Å². The first-order chi connectivity index (χ1) is 18.8. The summed E-state index contributed by atoms with van der Waals surface area (Å²) in [5.41, 5.74) is 4.38. The molecule has 7 nitrogen and oxygen atoms in total. The van der Waals surface area contributed by atoms with Crippen molar-refractivity contribution in [3.63, 3.8) is 0 Å². The Morgan fingerprint density at radius 3 is 2.31 bits per heavy atom. The average molecular weight is 523 g/mol. The van der Waals surface area contributed by atoms with Crippen LogP contribution in [0.4, 0.5) is 5.69 Å². The number of furan rings is 1. The summed E-state index contributed by atoms with van der Waals surface area (Å²) >= 11 is 0. The van der Waals surface area contributed by atoms with E-state index in [0.29, 0.717) is 29.2 Å². The average Bonchev–Trinajstić information content (AvgIpc) is 3.55. The third-order valence-electron chi connectivity index (χ3n) is 6.95. The zero-order valence-corrected chi connectivity index (χ0v) is 22.1. The summed E-state index contributed by atoms with van der Waals surface area (Å²) in [6.07, 6.45) is 1.52. The number of aliphatic hydroxyl groups excluding tert-OH is 1. The first-order valence-electron chi connectivity index (χ1n) is 12.7. The number of carbonyl (C=O) groups is 2. The molecule has 4 aromatic rings. The summed E-state index contributed by atoms with van der Waals surface area (Å²) in [5, 5.41) is 11.4. The molecular formula is C32H30N2O5. The Bertz CT molecular complexity index is 1500. The van der Waals surface area contributed by atoms with Crippen molar-refractivity contribution in [3.8, 4) is 5.75 Å². The van der Waals surface area contributed by atoms with Gasteiger partial charge in [-0.1, -0.05) is 36.4 Å². The second-order valence-electron chi connectivity index (χ2n) is 9.73. The van der Waals surface area contributed by atoms with E-state index in [4.69, 9.17) is 9.15 Å². The molecule has 1 saturated heterocycles. The molecule has 198 valence electrons. The van der Waals surface area contributed by atoms with Gasteiger partial charge in [-0.15, -0.1) is 0 Å². The molecule has 1 aliphatic rings. The van der Waals surface area contributed by atoms with Crippen molar-refractivity contribution in [2.75, 3.05) is 19.0 Å². The Hall–Kier alpha value is -4.78. The Balaban J connectivity index is 1.48. The lowest BCUT2D eigenvalue weighted by atomic mass is 9.95. The van der Waals surface area contributed by atoms with Crippen molar-refractivity contribution in [3.05, 3.63) is 125 Å². The summed E-state index contributed by atoms with van der Waals surface area (Å²) in [6.45, 7) is 2.55. The van der Waals surface area contributed by atoms with Crippen molar-refractivity contribution >= 4 is 23.1 Å². The SMILES string of the molecule is Cc1ccccc1COc1ccc(C(O)=C2C(=O)C(=O)N(Cc3ccco3)[C@H]2c2ccc(N(C)C)cc2)cc1. The number of hydrogen-bond acceptors (Lipinski definition) is 6. The van der Waals surface area contributed by atoms with Gasteiger partial charge in [-0.25, -0.2) is 0 Å². The van der Waals surface area contributed by atoms with Crippen LogP contribution in [0.2, 0.25) is 0 Å². The molecule has 7 heteroatoms. The van der Waals surface area contributed by atoms with Gasteiger partial charge in [0.25, 0.3) is 11.7 Å². The van der Waals surface area contributed by atoms with E-state index in [9.17, 15) is 14.7 Å². The summed E-state index contributed by atoms with van der Waals surface area (Å²) in [6, 6.07) is 25.2. The number of nitrogens with zero attached hydrogens (tertiary/aromatic N) is 2. The van der Waals surface area contributed by atoms with Gasteiger partial charge in [0.2, 0.25) is 0 Å². The molecule has 3 aromatic carbocycles. The lowest BCUT2D eigenvalue weighted by Crippen LogP contribution is -2.29. The predicted molar refractivity (Wildman–Crippen MR) is 149 cm³/mol. The van der Waals surface area contributed by atoms with E-state index >= 15 is 0 Å². The minimum Gasteiger partial charge on any atom is -0.507 e. The minimum atomic E-state index is -0.775. The highest BCUT2D eigenvalue weighted by atomic mass is 16.5. The van der Waals surface area contributed by atoms with Gasteiger partial charge in [0.15, 0.2) is 0 Å². The fraction of sp³-hybridized carbons (Fsp3) is 0.188. The Labute approximate surface area is 227 Å². The molecule has 0 spiro atoms. The zero-order chi connectivity index (χ0) is 27.5. The first kappa shape index (κ1) is 25.9. The summed E-state index contributed by atoms with van der Waals surface area (Å²) < 4.78 is 11.4. The Kier molecular flexibility index (Phi) is 7.23. The topological polar surface area (TPSA) is 83.2 Å². The molecule has 0 saturated carbocycles. The monoisotopic (exact) mass is 522 g/mol. The first-order valence-corrected chi connectivity index (χ1v) is 12.7. The van der Waals surface area contributed by atoms with Crippen molar-refractivity contribution in [1.82, 2.24) is 4.90 Å². The maximum absolute atomic E-state index is 13.3. The number of benzene rings is 3. The fourth-order valence-corrected chi connectivity index (χ4v) is 4.71. The van der Waals surface area contributed by atoms with Gasteiger partial charge in [0.05, 0.1) is 24.4 Å². The normalized spacial score (nSPS) is 16.5. The van der Waals surface area contributed by atoms with E-state index < -0.39 is 17.7 Å². The zero-order valence-electron chi connectivity index (χ0n) is 22.1. The van der Waals surface area contributed by atoms with Crippen LogP contribution in [0.15, 0.2) is 101 Å². The van der Waals surface area contributed by atoms with Crippen LogP contribution < -0.4 is 9.64 Å². The molecule has 1 atom stereocenters. The molecule has 5 rings (SSSR count). The molecule has 1 aromatic heterocycles. The van der Waals surface area contributed by atoms with Crippen LogP contribution in [-0.4, -0.2) is 35.8 Å². The van der Waals surface area contributed by atoms with Crippen LogP contribution >= 0.6 is 0 Å². The van der Waals surface area contributed by atoms with Gasteiger partial charge in [0.1, 0.15) is 23.9 Å². The van der Waals surface area contributed by atoms with E-state index in [1.54, 1.807) is 36.4 Å². The van der Waals surface area contributed by atoms with Gasteiger partial charge < -0.3 is 24.1 Å². The highest BCUT2D eigenvalue weighted by molar-refractivity contribution is 6.46. The minimum absolute atomic E-state index is 0.0396. The van der Waals surface area contributed by atoms with Crippen molar-refractivity contribution in [1.29, 1.82) is 0 Å². The third kappa shape index (κ3) is 5.29. The number of Topliss-reactive ketones (excluding diaryl/α,β-unsaturated/α-hetero) is 1. The highest BCUT2D eigenvalue weighted by Crippen LogP contribution is 2.41. The summed E-state index contributed by atoms with van der Waals surface area (Å²) in [4.78, 5) is 29.9. The molecule has 0 aliphatic carbocycles. The van der Waals surface area contributed by atoms with E-state index in [-0.39, 0.29) is 17.9 Å². The Morgan fingerprint density at radius 1 is 0.949 bits per heavy atom. The summed E-state index contributed by atoms with van der Waals surface area (Å²) in [7, 11) is 3.87. The molecule has 0 unspecified atom stereocenters. The molecule has 2 heterocycles. The second-order valence-corrected chi connectivity index (χ2v) is 9.73. The smallest absolute Gasteiger partial charge is 0.296 e. The van der Waals surface area contributed by atoms with E-state index in [2.05, 4.69) is 0 Å². The van der Waals surface area contributed by atoms with Gasteiger partial charge in [-0.05, 0) is 72.1 Å². The molecule has 39 heavy (non-hydrogen) atoms. The number of hydrogen-bond donors (Lipinski definition) is 1. The fourth-order valence-electron chi connectivity index (χ4n) is 4.71. The number of aryl methyl sites for hydroxylation is 1. The van der Waals surface area contributed by atoms with Crippen molar-refractivity contribution in [2.45, 2.75) is 26.1 Å². The maximum Gasteiger partial charge on any atom is 0.296 e. The van der Waals surface area contributed by atoms with Gasteiger partial charge in [-0.2, -0.15) is 0 Å². The Morgan fingerprint density at radius 2 is 1.67 bits per heavy atom. The standard InChI is InChI=1S/C32H30N2O5/c1-21-7-4-5-8-24(21)20-39-26-16-12-23(13-17-26)30(35)28-29(22-10-14-25(15-11-22)33(2)3)34(32(37)31(28)36)19-27-9-6-18-38-27/h4-18,29,35H,19-20H2,1-3H3/t29-/m0/s1. The number of carbonyl (C=O) groups excluding carboxylic acids is 2. The number of likely N-dealkylation sites (tertiary alicyclic amines) is 1. The quantitative estimate of drug-likeness (QED) is 0.177. The largest absolute Gasteiger partial charge is 0.507 e. The lowest BCUT2D eigenvalue weighted by molar-refractivity contribution is -0.140.